The lowest BCUT2D eigenvalue weighted by atomic mass is 10.1. The molecular weight excluding hydrogens is 353 g/mol. The molecule has 0 bridgehead atoms. The first-order chi connectivity index (χ1) is 12.5. The van der Waals surface area contributed by atoms with Crippen LogP contribution in [0.2, 0.25) is 0 Å². The topological polar surface area (TPSA) is 61.4 Å². The minimum Gasteiger partial charge on any atom is -0.338 e. The Bertz CT molecular complexity index is 815. The van der Waals surface area contributed by atoms with E-state index in [0.29, 0.717) is 9.88 Å². The van der Waals surface area contributed by atoms with Crippen molar-refractivity contribution in [3.05, 3.63) is 52.2 Å². The molecule has 3 rings (SSSR count). The van der Waals surface area contributed by atoms with Gasteiger partial charge < -0.3 is 15.5 Å². The Hall–Kier alpha value is -2.25. The zero-order valence-corrected chi connectivity index (χ0v) is 15.7. The number of amides is 2. The van der Waals surface area contributed by atoms with Crippen LogP contribution < -0.4 is 10.6 Å². The molecule has 1 aliphatic rings. The largest absolute Gasteiger partial charge is 0.338 e. The van der Waals surface area contributed by atoms with E-state index in [-0.39, 0.29) is 17.5 Å². The van der Waals surface area contributed by atoms with Crippen LogP contribution >= 0.6 is 11.3 Å². The monoisotopic (exact) mass is 375 g/mol. The highest BCUT2D eigenvalue weighted by Crippen LogP contribution is 2.29. The van der Waals surface area contributed by atoms with Gasteiger partial charge in [-0.2, -0.15) is 0 Å². The molecule has 138 valence electrons. The molecule has 2 heterocycles. The third-order valence-corrected chi connectivity index (χ3v) is 5.75. The van der Waals surface area contributed by atoms with Gasteiger partial charge in [-0.3, -0.25) is 9.59 Å². The quantitative estimate of drug-likeness (QED) is 0.862. The number of aryl methyl sites for hydroxylation is 1. The second-order valence-corrected chi connectivity index (χ2v) is 7.54. The number of halogens is 1. The van der Waals surface area contributed by atoms with Crippen LogP contribution in [-0.4, -0.2) is 42.9 Å². The first kappa shape index (κ1) is 18.5. The zero-order valence-electron chi connectivity index (χ0n) is 14.8. The predicted octanol–water partition coefficient (Wildman–Crippen LogP) is 3.27. The summed E-state index contributed by atoms with van der Waals surface area (Å²) in [7, 11) is 1.84. The van der Waals surface area contributed by atoms with Crippen LogP contribution in [0.15, 0.2) is 30.3 Å². The number of carbonyl (C=O) groups excluding carboxylic acids is 2. The van der Waals surface area contributed by atoms with Crippen LogP contribution in [-0.2, 0) is 0 Å². The lowest BCUT2D eigenvalue weighted by Gasteiger charge is -2.31. The van der Waals surface area contributed by atoms with Gasteiger partial charge in [-0.15, -0.1) is 11.3 Å². The van der Waals surface area contributed by atoms with Crippen molar-refractivity contribution in [2.75, 3.05) is 25.5 Å². The van der Waals surface area contributed by atoms with Gasteiger partial charge in [0.15, 0.2) is 0 Å². The molecule has 1 fully saturated rings. The molecule has 2 amide bonds. The maximum Gasteiger partial charge on any atom is 0.264 e. The second kappa shape index (κ2) is 7.97. The highest BCUT2D eigenvalue weighted by atomic mass is 32.1. The number of hydrogen-bond donors (Lipinski definition) is 2. The Kier molecular flexibility index (Phi) is 5.68. The fourth-order valence-corrected chi connectivity index (χ4v) is 4.14. The summed E-state index contributed by atoms with van der Waals surface area (Å²) in [6.45, 7) is 3.69. The molecule has 0 unspecified atom stereocenters. The van der Waals surface area contributed by atoms with Crippen LogP contribution in [0.25, 0.3) is 0 Å². The number of thiophene rings is 1. The summed E-state index contributed by atoms with van der Waals surface area (Å²) in [6.07, 6.45) is 1.88. The number of carbonyl (C=O) groups is 2. The highest BCUT2D eigenvalue weighted by molar-refractivity contribution is 7.18. The molecular formula is C19H22FN3O2S. The standard InChI is InChI=1S/C19H22FN3O2S/c1-12-10-16(22-18(24)13-4-3-5-14(20)11-13)26-17(12)19(25)23(2)15-6-8-21-9-7-15/h3-5,10-11,15,21H,6-9H2,1-2H3,(H,22,24). The minimum atomic E-state index is -0.459. The number of nitrogens with zero attached hydrogens (tertiary/aromatic N) is 1. The summed E-state index contributed by atoms with van der Waals surface area (Å²) in [5, 5.41) is 6.63. The van der Waals surface area contributed by atoms with E-state index in [0.717, 1.165) is 31.5 Å². The fraction of sp³-hybridized carbons (Fsp3) is 0.368. The van der Waals surface area contributed by atoms with Crippen LogP contribution in [0.3, 0.4) is 0 Å². The number of nitrogens with one attached hydrogen (secondary N) is 2. The molecule has 0 atom stereocenters. The lowest BCUT2D eigenvalue weighted by molar-refractivity contribution is 0.0707. The third-order valence-electron chi connectivity index (χ3n) is 4.61. The lowest BCUT2D eigenvalue weighted by Crippen LogP contribution is -2.43. The van der Waals surface area contributed by atoms with Crippen molar-refractivity contribution in [3.8, 4) is 0 Å². The van der Waals surface area contributed by atoms with Crippen molar-refractivity contribution in [2.45, 2.75) is 25.8 Å². The smallest absolute Gasteiger partial charge is 0.264 e. The van der Waals surface area contributed by atoms with Gasteiger partial charge in [-0.05, 0) is 62.7 Å². The van der Waals surface area contributed by atoms with Crippen molar-refractivity contribution in [1.82, 2.24) is 10.2 Å². The summed E-state index contributed by atoms with van der Waals surface area (Å²) in [4.78, 5) is 27.5. The highest BCUT2D eigenvalue weighted by Gasteiger charge is 2.25. The molecule has 1 saturated heterocycles. The Morgan fingerprint density at radius 2 is 2.00 bits per heavy atom. The molecule has 1 aromatic carbocycles. The second-order valence-electron chi connectivity index (χ2n) is 6.48. The van der Waals surface area contributed by atoms with Gasteiger partial charge in [0.05, 0.1) is 9.88 Å². The SMILES string of the molecule is Cc1cc(NC(=O)c2cccc(F)c2)sc1C(=O)N(C)C1CCNCC1. The summed E-state index contributed by atoms with van der Waals surface area (Å²) in [6, 6.07) is 7.54. The number of rotatable bonds is 4. The van der Waals surface area contributed by atoms with Gasteiger partial charge in [0.25, 0.3) is 11.8 Å². The molecule has 0 saturated carbocycles. The molecule has 1 aromatic heterocycles. The number of piperidine rings is 1. The van der Waals surface area contributed by atoms with Crippen molar-refractivity contribution in [1.29, 1.82) is 0 Å². The van der Waals surface area contributed by atoms with E-state index >= 15 is 0 Å². The predicted molar refractivity (Wildman–Crippen MR) is 101 cm³/mol. The molecule has 2 aromatic rings. The Labute approximate surface area is 156 Å². The Morgan fingerprint density at radius 1 is 1.27 bits per heavy atom. The van der Waals surface area contributed by atoms with Gasteiger partial charge in [0.1, 0.15) is 5.82 Å². The van der Waals surface area contributed by atoms with Crippen LogP contribution in [0, 0.1) is 12.7 Å². The first-order valence-corrected chi connectivity index (χ1v) is 9.42. The van der Waals surface area contributed by atoms with Gasteiger partial charge in [-0.1, -0.05) is 6.07 Å². The van der Waals surface area contributed by atoms with Crippen molar-refractivity contribution in [3.63, 3.8) is 0 Å². The molecule has 5 nitrogen and oxygen atoms in total. The van der Waals surface area contributed by atoms with E-state index in [1.807, 2.05) is 14.0 Å². The summed E-state index contributed by atoms with van der Waals surface area (Å²) < 4.78 is 13.3. The Balaban J connectivity index is 1.72. The molecule has 2 N–H and O–H groups in total. The average molecular weight is 375 g/mol. The molecule has 7 heteroatoms. The van der Waals surface area contributed by atoms with E-state index in [1.54, 1.807) is 17.0 Å². The van der Waals surface area contributed by atoms with Gasteiger partial charge in [-0.25, -0.2) is 4.39 Å². The van der Waals surface area contributed by atoms with E-state index in [2.05, 4.69) is 10.6 Å². The maximum atomic E-state index is 13.3. The van der Waals surface area contributed by atoms with E-state index in [9.17, 15) is 14.0 Å². The number of benzene rings is 1. The van der Waals surface area contributed by atoms with Crippen molar-refractivity contribution < 1.29 is 14.0 Å². The van der Waals surface area contributed by atoms with E-state index in [1.165, 1.54) is 29.5 Å². The molecule has 1 aliphatic heterocycles. The molecule has 0 radical (unpaired) electrons. The fourth-order valence-electron chi connectivity index (χ4n) is 3.09. The van der Waals surface area contributed by atoms with Gasteiger partial charge in [0, 0.05) is 18.7 Å². The molecule has 0 spiro atoms. The zero-order chi connectivity index (χ0) is 18.7. The van der Waals surface area contributed by atoms with Crippen molar-refractivity contribution >= 4 is 28.2 Å². The maximum absolute atomic E-state index is 13.3. The molecule has 26 heavy (non-hydrogen) atoms. The summed E-state index contributed by atoms with van der Waals surface area (Å²) >= 11 is 1.25. The number of hydrogen-bond acceptors (Lipinski definition) is 4. The summed E-state index contributed by atoms with van der Waals surface area (Å²) in [5.74, 6) is -0.874. The summed E-state index contributed by atoms with van der Waals surface area (Å²) in [5.41, 5.74) is 1.08. The number of anilines is 1. The van der Waals surface area contributed by atoms with E-state index in [4.69, 9.17) is 0 Å². The van der Waals surface area contributed by atoms with Crippen LogP contribution in [0.5, 0.6) is 0 Å². The van der Waals surface area contributed by atoms with Crippen LogP contribution in [0.4, 0.5) is 9.39 Å². The minimum absolute atomic E-state index is 0.0225. The Morgan fingerprint density at radius 3 is 2.69 bits per heavy atom. The first-order valence-electron chi connectivity index (χ1n) is 8.61. The third kappa shape index (κ3) is 4.11. The van der Waals surface area contributed by atoms with Crippen LogP contribution in [0.1, 0.15) is 38.4 Å². The van der Waals surface area contributed by atoms with Crippen molar-refractivity contribution in [2.24, 2.45) is 0 Å². The van der Waals surface area contributed by atoms with Gasteiger partial charge in [0.2, 0.25) is 0 Å². The molecule has 0 aliphatic carbocycles. The average Bonchev–Trinajstić information content (AvgIpc) is 3.01. The van der Waals surface area contributed by atoms with Gasteiger partial charge >= 0.3 is 0 Å². The normalized spacial score (nSPS) is 14.9. The van der Waals surface area contributed by atoms with E-state index < -0.39 is 11.7 Å².